The minimum absolute atomic E-state index is 0. The minimum atomic E-state index is 0. The number of hydrogen-bond donors (Lipinski definition) is 2. The van der Waals surface area contributed by atoms with Crippen LogP contribution in [0, 0.1) is 12.8 Å². The molecule has 144 valence electrons. The molecule has 0 bridgehead atoms. The maximum absolute atomic E-state index is 4.74. The van der Waals surface area contributed by atoms with E-state index < -0.39 is 0 Å². The summed E-state index contributed by atoms with van der Waals surface area (Å²) in [5.41, 5.74) is 0. The first-order valence-electron chi connectivity index (χ1n) is 8.98. The number of nitrogens with one attached hydrogen (secondary N) is 2. The van der Waals surface area contributed by atoms with Gasteiger partial charge >= 0.3 is 0 Å². The van der Waals surface area contributed by atoms with Crippen LogP contribution in [0.4, 0.5) is 0 Å². The van der Waals surface area contributed by atoms with Crippen LogP contribution >= 0.6 is 35.7 Å². The number of hydrogen-bond acceptors (Lipinski definition) is 4. The molecule has 0 amide bonds. The number of aryl methyl sites for hydroxylation is 1. The van der Waals surface area contributed by atoms with Crippen molar-refractivity contribution in [2.24, 2.45) is 18.0 Å². The summed E-state index contributed by atoms with van der Waals surface area (Å²) in [5, 5.41) is 15.4. The van der Waals surface area contributed by atoms with Gasteiger partial charge in [0.15, 0.2) is 11.8 Å². The molecule has 0 radical (unpaired) electrons. The molecule has 1 aromatic heterocycles. The Bertz CT molecular complexity index is 525. The van der Waals surface area contributed by atoms with Gasteiger partial charge in [0, 0.05) is 19.6 Å². The van der Waals surface area contributed by atoms with Crippen LogP contribution in [0.25, 0.3) is 0 Å². The van der Waals surface area contributed by atoms with E-state index in [0.717, 1.165) is 36.5 Å². The second kappa shape index (κ2) is 12.0. The van der Waals surface area contributed by atoms with Crippen molar-refractivity contribution in [3.63, 3.8) is 0 Å². The zero-order valence-electron chi connectivity index (χ0n) is 15.9. The molecule has 6 nitrogen and oxygen atoms in total. The van der Waals surface area contributed by atoms with Crippen molar-refractivity contribution >= 4 is 41.7 Å². The van der Waals surface area contributed by atoms with Crippen LogP contribution in [-0.4, -0.2) is 45.3 Å². The third kappa shape index (κ3) is 7.72. The van der Waals surface area contributed by atoms with Gasteiger partial charge < -0.3 is 15.2 Å². The zero-order chi connectivity index (χ0) is 17.4. The standard InChI is InChI=1S/C17H32N6S.HI/c1-13-6-8-15(9-7-13)20-17(18-10-5-11-24-4)19-12-16-22-21-14(2)23(16)3;/h13,15H,5-12H2,1-4H3,(H2,18,19,20);1H. The van der Waals surface area contributed by atoms with E-state index in [9.17, 15) is 0 Å². The van der Waals surface area contributed by atoms with Crippen molar-refractivity contribution in [3.8, 4) is 0 Å². The molecule has 1 fully saturated rings. The van der Waals surface area contributed by atoms with E-state index in [1.54, 1.807) is 0 Å². The molecule has 8 heteroatoms. The first kappa shape index (κ1) is 22.5. The second-order valence-electron chi connectivity index (χ2n) is 6.76. The Morgan fingerprint density at radius 3 is 2.60 bits per heavy atom. The predicted molar refractivity (Wildman–Crippen MR) is 118 cm³/mol. The number of thioether (sulfide) groups is 1. The monoisotopic (exact) mass is 480 g/mol. The highest BCUT2D eigenvalue weighted by atomic mass is 127. The molecule has 1 heterocycles. The molecule has 0 saturated heterocycles. The van der Waals surface area contributed by atoms with Crippen molar-refractivity contribution < 1.29 is 0 Å². The molecule has 1 aliphatic rings. The summed E-state index contributed by atoms with van der Waals surface area (Å²) in [4.78, 5) is 4.74. The number of halogens is 1. The van der Waals surface area contributed by atoms with E-state index in [1.807, 2.05) is 30.3 Å². The number of nitrogens with zero attached hydrogens (tertiary/aromatic N) is 4. The Morgan fingerprint density at radius 2 is 2.00 bits per heavy atom. The molecule has 0 aromatic carbocycles. The lowest BCUT2D eigenvalue weighted by Crippen LogP contribution is -2.45. The predicted octanol–water partition coefficient (Wildman–Crippen LogP) is 3.11. The summed E-state index contributed by atoms with van der Waals surface area (Å²) in [6, 6.07) is 0.536. The lowest BCUT2D eigenvalue weighted by atomic mass is 9.87. The molecule has 1 aliphatic carbocycles. The number of aliphatic imine (C=N–C) groups is 1. The van der Waals surface area contributed by atoms with Crippen molar-refractivity contribution in [3.05, 3.63) is 11.6 Å². The van der Waals surface area contributed by atoms with Gasteiger partial charge in [-0.1, -0.05) is 6.92 Å². The van der Waals surface area contributed by atoms with Crippen LogP contribution < -0.4 is 10.6 Å². The van der Waals surface area contributed by atoms with Gasteiger partial charge in [-0.2, -0.15) is 11.8 Å². The first-order valence-corrected chi connectivity index (χ1v) is 10.4. The van der Waals surface area contributed by atoms with Gasteiger partial charge in [0.2, 0.25) is 0 Å². The maximum Gasteiger partial charge on any atom is 0.191 e. The van der Waals surface area contributed by atoms with Gasteiger partial charge in [-0.25, -0.2) is 4.99 Å². The van der Waals surface area contributed by atoms with Crippen molar-refractivity contribution in [2.45, 2.75) is 58.5 Å². The summed E-state index contributed by atoms with van der Waals surface area (Å²) >= 11 is 1.88. The van der Waals surface area contributed by atoms with E-state index >= 15 is 0 Å². The molecule has 1 aromatic rings. The SMILES string of the molecule is CSCCCNC(=NCc1nnc(C)n1C)NC1CCC(C)CC1.I. The highest BCUT2D eigenvalue weighted by molar-refractivity contribution is 14.0. The summed E-state index contributed by atoms with van der Waals surface area (Å²) in [7, 11) is 1.99. The highest BCUT2D eigenvalue weighted by Gasteiger charge is 2.19. The smallest absolute Gasteiger partial charge is 0.191 e. The third-order valence-corrected chi connectivity index (χ3v) is 5.43. The van der Waals surface area contributed by atoms with Crippen LogP contribution in [0.15, 0.2) is 4.99 Å². The first-order chi connectivity index (χ1) is 11.6. The number of rotatable bonds is 7. The van der Waals surface area contributed by atoms with E-state index in [0.29, 0.717) is 12.6 Å². The average Bonchev–Trinajstić information content (AvgIpc) is 2.90. The van der Waals surface area contributed by atoms with Crippen molar-refractivity contribution in [1.29, 1.82) is 0 Å². The maximum atomic E-state index is 4.74. The minimum Gasteiger partial charge on any atom is -0.356 e. The molecule has 0 spiro atoms. The largest absolute Gasteiger partial charge is 0.356 e. The van der Waals surface area contributed by atoms with Gasteiger partial charge in [0.05, 0.1) is 0 Å². The Labute approximate surface area is 173 Å². The summed E-state index contributed by atoms with van der Waals surface area (Å²) in [6.45, 7) is 5.82. The van der Waals surface area contributed by atoms with E-state index in [-0.39, 0.29) is 24.0 Å². The Hall–Kier alpha value is -0.510. The lowest BCUT2D eigenvalue weighted by Gasteiger charge is -2.28. The van der Waals surface area contributed by atoms with E-state index in [1.165, 1.54) is 31.4 Å². The van der Waals surface area contributed by atoms with Crippen LogP contribution in [0.2, 0.25) is 0 Å². The van der Waals surface area contributed by atoms with Gasteiger partial charge in [-0.05, 0) is 57.0 Å². The van der Waals surface area contributed by atoms with Gasteiger partial charge in [0.1, 0.15) is 12.4 Å². The fourth-order valence-electron chi connectivity index (χ4n) is 2.91. The fraction of sp³-hybridized carbons (Fsp3) is 0.824. The van der Waals surface area contributed by atoms with Crippen molar-refractivity contribution in [1.82, 2.24) is 25.4 Å². The topological polar surface area (TPSA) is 67.1 Å². The fourth-order valence-corrected chi connectivity index (χ4v) is 3.35. The number of guanidine groups is 1. The summed E-state index contributed by atoms with van der Waals surface area (Å²) < 4.78 is 2.00. The Balaban J connectivity index is 0.00000312. The van der Waals surface area contributed by atoms with Crippen molar-refractivity contribution in [2.75, 3.05) is 18.6 Å². The van der Waals surface area contributed by atoms with E-state index in [2.05, 4.69) is 34.0 Å². The summed E-state index contributed by atoms with van der Waals surface area (Å²) in [5.74, 6) is 4.76. The zero-order valence-corrected chi connectivity index (χ0v) is 19.1. The average molecular weight is 480 g/mol. The van der Waals surface area contributed by atoms with E-state index in [4.69, 9.17) is 4.99 Å². The Kier molecular flexibility index (Phi) is 10.8. The van der Waals surface area contributed by atoms with Crippen LogP contribution in [-0.2, 0) is 13.6 Å². The Morgan fingerprint density at radius 1 is 1.28 bits per heavy atom. The van der Waals surface area contributed by atoms with Gasteiger partial charge in [-0.15, -0.1) is 34.2 Å². The quantitative estimate of drug-likeness (QED) is 0.272. The highest BCUT2D eigenvalue weighted by Crippen LogP contribution is 2.23. The van der Waals surface area contributed by atoms with Crippen LogP contribution in [0.5, 0.6) is 0 Å². The summed E-state index contributed by atoms with van der Waals surface area (Å²) in [6.07, 6.45) is 8.37. The normalized spacial score (nSPS) is 20.9. The molecule has 1 saturated carbocycles. The molecule has 0 unspecified atom stereocenters. The second-order valence-corrected chi connectivity index (χ2v) is 7.75. The molecule has 2 N–H and O–H groups in total. The molecule has 0 atom stereocenters. The molecular weight excluding hydrogens is 447 g/mol. The third-order valence-electron chi connectivity index (χ3n) is 4.74. The molecular formula is C17H33IN6S. The van der Waals surface area contributed by atoms with Gasteiger partial charge in [0.25, 0.3) is 0 Å². The lowest BCUT2D eigenvalue weighted by molar-refractivity contribution is 0.329. The van der Waals surface area contributed by atoms with Crippen LogP contribution in [0.1, 0.15) is 50.7 Å². The molecule has 0 aliphatic heterocycles. The number of aromatic nitrogens is 3. The van der Waals surface area contributed by atoms with Gasteiger partial charge in [-0.3, -0.25) is 0 Å². The molecule has 2 rings (SSSR count). The van der Waals surface area contributed by atoms with Crippen LogP contribution in [0.3, 0.4) is 0 Å². The molecule has 25 heavy (non-hydrogen) atoms.